The maximum absolute atomic E-state index is 5.35. The third-order valence-corrected chi connectivity index (χ3v) is 5.01. The summed E-state index contributed by atoms with van der Waals surface area (Å²) >= 11 is 3.59. The topological polar surface area (TPSA) is 15.7 Å². The maximum Gasteiger partial charge on any atom is 0.119 e. The third-order valence-electron chi connectivity index (χ3n) is 4.51. The molecule has 1 aliphatic heterocycles. The Morgan fingerprint density at radius 3 is 2.83 bits per heavy atom. The molecule has 1 heterocycles. The number of benzene rings is 2. The first kappa shape index (κ1) is 16.3. The number of hydrogen-bond donors (Lipinski definition) is 0. The zero-order chi connectivity index (χ0) is 16.4. The quantitative estimate of drug-likeness (QED) is 0.796. The molecule has 2 aromatic rings. The van der Waals surface area contributed by atoms with E-state index in [1.165, 1.54) is 16.8 Å². The predicted octanol–water partition coefficient (Wildman–Crippen LogP) is 4.30. The first-order valence-electron chi connectivity index (χ1n) is 7.93. The molecule has 2 aromatic carbocycles. The van der Waals surface area contributed by atoms with Crippen LogP contribution in [0.5, 0.6) is 5.75 Å². The van der Waals surface area contributed by atoms with Crippen LogP contribution in [0.4, 0.5) is 5.69 Å². The van der Waals surface area contributed by atoms with Gasteiger partial charge in [-0.2, -0.15) is 0 Å². The fraction of sp³-hybridized carbons (Fsp3) is 0.368. The van der Waals surface area contributed by atoms with Crippen LogP contribution in [-0.4, -0.2) is 31.6 Å². The second-order valence-corrected chi connectivity index (χ2v) is 7.17. The lowest BCUT2D eigenvalue weighted by Gasteiger charge is -2.28. The lowest BCUT2D eigenvalue weighted by atomic mass is 10.1. The van der Waals surface area contributed by atoms with Crippen LogP contribution in [0.2, 0.25) is 0 Å². The Labute approximate surface area is 147 Å². The van der Waals surface area contributed by atoms with Crippen LogP contribution in [-0.2, 0) is 13.1 Å². The van der Waals surface area contributed by atoms with E-state index in [9.17, 15) is 0 Å². The van der Waals surface area contributed by atoms with Crippen molar-refractivity contribution in [2.45, 2.75) is 26.1 Å². The summed E-state index contributed by atoms with van der Waals surface area (Å²) in [7, 11) is 3.90. The minimum absolute atomic E-state index is 0.484. The summed E-state index contributed by atoms with van der Waals surface area (Å²) in [5.74, 6) is 0.923. The largest absolute Gasteiger partial charge is 0.497 e. The number of nitrogens with zero attached hydrogens (tertiary/aromatic N) is 2. The maximum atomic E-state index is 5.35. The smallest absolute Gasteiger partial charge is 0.119 e. The molecule has 3 rings (SSSR count). The molecule has 0 saturated heterocycles. The molecule has 0 spiro atoms. The summed E-state index contributed by atoms with van der Waals surface area (Å²) in [4.78, 5) is 4.89. The Morgan fingerprint density at radius 2 is 2.04 bits per heavy atom. The number of anilines is 1. The van der Waals surface area contributed by atoms with Crippen molar-refractivity contribution in [2.24, 2.45) is 0 Å². The van der Waals surface area contributed by atoms with Gasteiger partial charge in [-0.1, -0.05) is 34.1 Å². The Hall–Kier alpha value is -1.52. The fourth-order valence-electron chi connectivity index (χ4n) is 3.23. The molecule has 4 heteroatoms. The van der Waals surface area contributed by atoms with Crippen LogP contribution < -0.4 is 9.64 Å². The SMILES string of the molecule is COc1cccc(CN2Cc3ccc(Br)cc3N(C)C[C@@H]2C)c1. The van der Waals surface area contributed by atoms with Crippen molar-refractivity contribution in [3.63, 3.8) is 0 Å². The highest BCUT2D eigenvalue weighted by Crippen LogP contribution is 2.30. The van der Waals surface area contributed by atoms with Gasteiger partial charge in [0.25, 0.3) is 0 Å². The minimum Gasteiger partial charge on any atom is -0.497 e. The van der Waals surface area contributed by atoms with Crippen LogP contribution in [0.3, 0.4) is 0 Å². The van der Waals surface area contributed by atoms with E-state index in [1.54, 1.807) is 7.11 Å². The van der Waals surface area contributed by atoms with E-state index in [4.69, 9.17) is 4.74 Å². The van der Waals surface area contributed by atoms with E-state index in [-0.39, 0.29) is 0 Å². The molecule has 0 saturated carbocycles. The van der Waals surface area contributed by atoms with Gasteiger partial charge in [0.15, 0.2) is 0 Å². The summed E-state index contributed by atoms with van der Waals surface area (Å²) in [6, 6.07) is 15.4. The summed E-state index contributed by atoms with van der Waals surface area (Å²) in [6.45, 7) is 5.22. The van der Waals surface area contributed by atoms with Gasteiger partial charge in [0, 0.05) is 42.9 Å². The number of likely N-dealkylation sites (N-methyl/N-ethyl adjacent to an activating group) is 1. The van der Waals surface area contributed by atoms with Gasteiger partial charge >= 0.3 is 0 Å². The number of halogens is 1. The van der Waals surface area contributed by atoms with Crippen molar-refractivity contribution < 1.29 is 4.74 Å². The van der Waals surface area contributed by atoms with Crippen molar-refractivity contribution in [3.05, 3.63) is 58.1 Å². The van der Waals surface area contributed by atoms with Crippen molar-refractivity contribution in [3.8, 4) is 5.75 Å². The molecule has 3 nitrogen and oxygen atoms in total. The van der Waals surface area contributed by atoms with Crippen LogP contribution in [0.15, 0.2) is 46.9 Å². The van der Waals surface area contributed by atoms with E-state index in [0.717, 1.165) is 29.9 Å². The molecule has 122 valence electrons. The first-order chi connectivity index (χ1) is 11.1. The average Bonchev–Trinajstić information content (AvgIpc) is 2.65. The molecular formula is C19H23BrN2O. The average molecular weight is 375 g/mol. The number of rotatable bonds is 3. The summed E-state index contributed by atoms with van der Waals surface area (Å²) in [6.07, 6.45) is 0. The van der Waals surface area contributed by atoms with E-state index in [1.807, 2.05) is 6.07 Å². The van der Waals surface area contributed by atoms with Crippen LogP contribution in [0.1, 0.15) is 18.1 Å². The van der Waals surface area contributed by atoms with E-state index in [0.29, 0.717) is 6.04 Å². The van der Waals surface area contributed by atoms with E-state index in [2.05, 4.69) is 76.1 Å². The van der Waals surface area contributed by atoms with E-state index >= 15 is 0 Å². The van der Waals surface area contributed by atoms with Crippen LogP contribution in [0.25, 0.3) is 0 Å². The lowest BCUT2D eigenvalue weighted by Crippen LogP contribution is -2.37. The van der Waals surface area contributed by atoms with E-state index < -0.39 is 0 Å². The van der Waals surface area contributed by atoms with Gasteiger partial charge in [-0.05, 0) is 42.3 Å². The highest BCUT2D eigenvalue weighted by Gasteiger charge is 2.23. The molecule has 0 N–H and O–H groups in total. The molecule has 0 bridgehead atoms. The van der Waals surface area contributed by atoms with Crippen molar-refractivity contribution in [2.75, 3.05) is 25.6 Å². The van der Waals surface area contributed by atoms with Crippen molar-refractivity contribution >= 4 is 21.6 Å². The number of fused-ring (bicyclic) bond motifs is 1. The zero-order valence-electron chi connectivity index (χ0n) is 13.9. The van der Waals surface area contributed by atoms with Gasteiger partial charge in [0.05, 0.1) is 7.11 Å². The number of ether oxygens (including phenoxy) is 1. The zero-order valence-corrected chi connectivity index (χ0v) is 15.5. The number of methoxy groups -OCH3 is 1. The van der Waals surface area contributed by atoms with Gasteiger partial charge in [0.2, 0.25) is 0 Å². The van der Waals surface area contributed by atoms with Gasteiger partial charge < -0.3 is 9.64 Å². The summed E-state index contributed by atoms with van der Waals surface area (Å²) < 4.78 is 6.49. The predicted molar refractivity (Wildman–Crippen MR) is 99.1 cm³/mol. The Bertz CT molecular complexity index is 689. The molecule has 0 aliphatic carbocycles. The van der Waals surface area contributed by atoms with Crippen molar-refractivity contribution in [1.82, 2.24) is 4.90 Å². The Morgan fingerprint density at radius 1 is 1.22 bits per heavy atom. The summed E-state index contributed by atoms with van der Waals surface area (Å²) in [5, 5.41) is 0. The van der Waals surface area contributed by atoms with Gasteiger partial charge in [-0.25, -0.2) is 0 Å². The molecule has 0 radical (unpaired) electrons. The lowest BCUT2D eigenvalue weighted by molar-refractivity contribution is 0.199. The molecule has 0 fully saturated rings. The molecular weight excluding hydrogens is 352 g/mol. The standard InChI is InChI=1S/C19H23BrN2O/c1-14-11-21(2)19-10-17(20)8-7-16(19)13-22(14)12-15-5-4-6-18(9-15)23-3/h4-10,14H,11-13H2,1-3H3/t14-/m0/s1. The van der Waals surface area contributed by atoms with Gasteiger partial charge in [-0.15, -0.1) is 0 Å². The summed E-state index contributed by atoms with van der Waals surface area (Å²) in [5.41, 5.74) is 3.99. The van der Waals surface area contributed by atoms with Gasteiger partial charge in [-0.3, -0.25) is 4.90 Å². The van der Waals surface area contributed by atoms with Crippen LogP contribution >= 0.6 is 15.9 Å². The highest BCUT2D eigenvalue weighted by atomic mass is 79.9. The van der Waals surface area contributed by atoms with Crippen molar-refractivity contribution in [1.29, 1.82) is 0 Å². The van der Waals surface area contributed by atoms with Crippen LogP contribution in [0, 0.1) is 0 Å². The minimum atomic E-state index is 0.484. The molecule has 1 aliphatic rings. The second kappa shape index (κ2) is 6.93. The fourth-order valence-corrected chi connectivity index (χ4v) is 3.58. The third kappa shape index (κ3) is 3.70. The molecule has 1 atom stereocenters. The number of hydrogen-bond acceptors (Lipinski definition) is 3. The van der Waals surface area contributed by atoms with Gasteiger partial charge in [0.1, 0.15) is 5.75 Å². The Balaban J connectivity index is 1.86. The Kier molecular flexibility index (Phi) is 4.93. The normalized spacial score (nSPS) is 18.4. The highest BCUT2D eigenvalue weighted by molar-refractivity contribution is 9.10. The molecule has 0 aromatic heterocycles. The second-order valence-electron chi connectivity index (χ2n) is 6.26. The first-order valence-corrected chi connectivity index (χ1v) is 8.72. The molecule has 0 unspecified atom stereocenters. The monoisotopic (exact) mass is 374 g/mol. The molecule has 23 heavy (non-hydrogen) atoms. The molecule has 0 amide bonds.